The van der Waals surface area contributed by atoms with Crippen LogP contribution in [-0.2, 0) is 30.4 Å². The summed E-state index contributed by atoms with van der Waals surface area (Å²) in [4.78, 5) is 2.54. The number of rotatable bonds is 7. The molecule has 0 saturated carbocycles. The zero-order valence-corrected chi connectivity index (χ0v) is 32.4. The molecule has 2 N–H and O–H groups in total. The van der Waals surface area contributed by atoms with Crippen LogP contribution in [0.25, 0.3) is 10.8 Å². The van der Waals surface area contributed by atoms with E-state index in [-0.39, 0.29) is 117 Å². The first kappa shape index (κ1) is 42.1. The summed E-state index contributed by atoms with van der Waals surface area (Å²) in [7, 11) is -16.2. The topological polar surface area (TPSA) is 254 Å². The van der Waals surface area contributed by atoms with Crippen LogP contribution in [0, 0.1) is 18.9 Å². The number of aryl methyl sites for hydroxylation is 1. The zero-order valence-electron chi connectivity index (χ0n) is 23.2. The Bertz CT molecular complexity index is 2180. The minimum Gasteiger partial charge on any atom is -0.744 e. The van der Waals surface area contributed by atoms with E-state index >= 15 is 0 Å². The van der Waals surface area contributed by atoms with Crippen molar-refractivity contribution in [1.29, 1.82) is 0 Å². The maximum Gasteiger partial charge on any atom is 1.00 e. The van der Waals surface area contributed by atoms with Crippen molar-refractivity contribution >= 4 is 75.6 Å². The average Bonchev–Trinajstić information content (AvgIpc) is 2.84. The first-order chi connectivity index (χ1) is 19.3. The molecular formula is C21H11ClF2N5Na3O10S3. The van der Waals surface area contributed by atoms with Crippen molar-refractivity contribution in [3.05, 3.63) is 59.0 Å². The number of fused-ring (bicyclic) bond motifs is 1. The normalized spacial score (nSPS) is 11.9. The van der Waals surface area contributed by atoms with Gasteiger partial charge in [-0.05, 0) is 54.3 Å². The largest absolute Gasteiger partial charge is 1.00 e. The smallest absolute Gasteiger partial charge is 0.744 e. The molecule has 0 radical (unpaired) electrons. The van der Waals surface area contributed by atoms with Crippen LogP contribution in [0.5, 0.6) is 5.75 Å². The molecule has 3 aromatic carbocycles. The summed E-state index contributed by atoms with van der Waals surface area (Å²) in [6, 6.07) is 5.15. The van der Waals surface area contributed by atoms with E-state index in [1.165, 1.54) is 6.07 Å². The first-order valence-corrected chi connectivity index (χ1v) is 15.3. The van der Waals surface area contributed by atoms with Crippen LogP contribution in [0.1, 0.15) is 5.56 Å². The minimum atomic E-state index is -5.49. The third-order valence-electron chi connectivity index (χ3n) is 5.41. The summed E-state index contributed by atoms with van der Waals surface area (Å²) >= 11 is 5.72. The van der Waals surface area contributed by atoms with Crippen molar-refractivity contribution in [3.8, 4) is 5.75 Å². The summed E-state index contributed by atoms with van der Waals surface area (Å²) in [6.07, 6.45) is -1.46. The SMILES string of the molecule is Cc1cc(S(=O)(=O)[O-])cc(S(=O)(=O)[O-])c1N=Nc1c(S(=O)(=O)[O-])cc2cc(Nc3nc(F)nc(F)c3Cl)ccc2c1O.[Na+].[Na+].[Na+]. The molecule has 0 atom stereocenters. The van der Waals surface area contributed by atoms with Crippen LogP contribution in [0.15, 0.2) is 61.3 Å². The minimum absolute atomic E-state index is 0. The van der Waals surface area contributed by atoms with Crippen LogP contribution in [-0.4, -0.2) is 54.0 Å². The molecule has 0 aliphatic heterocycles. The second-order valence-corrected chi connectivity index (χ2v) is 12.7. The number of azo groups is 1. The number of aromatic hydroxyl groups is 1. The Hall–Kier alpha value is -0.920. The Labute approximate surface area is 325 Å². The van der Waals surface area contributed by atoms with Gasteiger partial charge in [0.25, 0.3) is 0 Å². The van der Waals surface area contributed by atoms with E-state index in [1.807, 2.05) is 0 Å². The van der Waals surface area contributed by atoms with Gasteiger partial charge in [0.2, 0.25) is 5.95 Å². The molecule has 15 nitrogen and oxygen atoms in total. The molecule has 4 aromatic rings. The number of aromatic nitrogens is 2. The van der Waals surface area contributed by atoms with Crippen molar-refractivity contribution in [2.75, 3.05) is 5.32 Å². The van der Waals surface area contributed by atoms with E-state index in [4.69, 9.17) is 11.6 Å². The Morgan fingerprint density at radius 1 is 0.822 bits per heavy atom. The third-order valence-corrected chi connectivity index (χ3v) is 8.26. The van der Waals surface area contributed by atoms with Gasteiger partial charge in [0.05, 0.1) is 14.7 Å². The summed E-state index contributed by atoms with van der Waals surface area (Å²) in [6.45, 7) is 1.05. The van der Waals surface area contributed by atoms with Crippen molar-refractivity contribution in [2.24, 2.45) is 10.2 Å². The fourth-order valence-electron chi connectivity index (χ4n) is 3.61. The van der Waals surface area contributed by atoms with E-state index in [0.717, 1.165) is 25.1 Å². The Morgan fingerprint density at radius 2 is 1.38 bits per heavy atom. The van der Waals surface area contributed by atoms with Gasteiger partial charge < -0.3 is 24.1 Å². The number of halogens is 3. The van der Waals surface area contributed by atoms with Crippen molar-refractivity contribution in [3.63, 3.8) is 0 Å². The van der Waals surface area contributed by atoms with E-state index in [0.29, 0.717) is 6.07 Å². The standard InChI is InChI=1S/C21H14ClF2N5O10S3.3Na/c1-8-4-11(40(31,32)33)7-14(42(37,38)39)16(8)28-29-17-13(41(34,35)36)6-9-5-10(2-3-12(9)18(17)30)25-20-15(22)19(23)26-21(24)27-20;;;/h2-7,30H,1H3,(H,25,26,27)(H,31,32,33)(H,34,35,36)(H,37,38,39);;;/q;3*+1/p-3. The van der Waals surface area contributed by atoms with Crippen LogP contribution in [0.4, 0.5) is 31.7 Å². The molecule has 1 heterocycles. The zero-order chi connectivity index (χ0) is 31.4. The molecule has 4 rings (SSSR count). The monoisotopic (exact) mass is 731 g/mol. The van der Waals surface area contributed by atoms with E-state index < -0.39 is 85.0 Å². The average molecular weight is 732 g/mol. The second kappa shape index (κ2) is 15.5. The van der Waals surface area contributed by atoms with Gasteiger partial charge in [-0.1, -0.05) is 11.6 Å². The van der Waals surface area contributed by atoms with Gasteiger partial charge in [0.1, 0.15) is 46.8 Å². The molecule has 45 heavy (non-hydrogen) atoms. The third kappa shape index (κ3) is 9.59. The number of anilines is 2. The van der Waals surface area contributed by atoms with Gasteiger partial charge in [0, 0.05) is 11.1 Å². The predicted molar refractivity (Wildman–Crippen MR) is 135 cm³/mol. The van der Waals surface area contributed by atoms with Crippen molar-refractivity contribution in [2.45, 2.75) is 21.6 Å². The number of phenolic OH excluding ortho intramolecular Hbond substituents is 1. The number of nitrogens with zero attached hydrogens (tertiary/aromatic N) is 4. The van der Waals surface area contributed by atoms with Gasteiger partial charge in [-0.2, -0.15) is 18.7 Å². The second-order valence-electron chi connectivity index (χ2n) is 8.23. The molecule has 0 fully saturated rings. The molecule has 222 valence electrons. The number of hydrogen-bond acceptors (Lipinski definition) is 15. The molecule has 1 aromatic heterocycles. The van der Waals surface area contributed by atoms with Crippen LogP contribution >= 0.6 is 11.6 Å². The molecular weight excluding hydrogens is 721 g/mol. The number of phenols is 1. The van der Waals surface area contributed by atoms with Crippen molar-refractivity contribution in [1.82, 2.24) is 9.97 Å². The number of hydrogen-bond donors (Lipinski definition) is 2. The van der Waals surface area contributed by atoms with E-state index in [9.17, 15) is 52.8 Å². The molecule has 0 amide bonds. The van der Waals surface area contributed by atoms with Gasteiger partial charge in [0.15, 0.2) is 11.6 Å². The van der Waals surface area contributed by atoms with Gasteiger partial charge >= 0.3 is 94.8 Å². The number of nitrogens with one attached hydrogen (secondary N) is 1. The maximum atomic E-state index is 13.7. The van der Waals surface area contributed by atoms with Crippen LogP contribution in [0.2, 0.25) is 5.02 Å². The van der Waals surface area contributed by atoms with Crippen LogP contribution in [0.3, 0.4) is 0 Å². The molecule has 0 spiro atoms. The summed E-state index contributed by atoms with van der Waals surface area (Å²) in [5.41, 5.74) is -2.18. The Morgan fingerprint density at radius 3 is 1.93 bits per heavy atom. The quantitative estimate of drug-likeness (QED) is 0.0592. The van der Waals surface area contributed by atoms with Crippen LogP contribution < -0.4 is 94.0 Å². The molecule has 0 unspecified atom stereocenters. The fourth-order valence-corrected chi connectivity index (χ4v) is 5.75. The van der Waals surface area contributed by atoms with E-state index in [1.54, 1.807) is 0 Å². The summed E-state index contributed by atoms with van der Waals surface area (Å²) < 4.78 is 133. The molecule has 0 aliphatic rings. The summed E-state index contributed by atoms with van der Waals surface area (Å²) in [5, 5.41) is 19.2. The van der Waals surface area contributed by atoms with Gasteiger partial charge in [-0.3, -0.25) is 0 Å². The van der Waals surface area contributed by atoms with Gasteiger partial charge in [-0.25, -0.2) is 25.3 Å². The maximum absolute atomic E-state index is 13.7. The Balaban J connectivity index is 0.00000337. The van der Waals surface area contributed by atoms with Gasteiger partial charge in [-0.15, -0.1) is 10.2 Å². The molecule has 24 heteroatoms. The summed E-state index contributed by atoms with van der Waals surface area (Å²) in [5.74, 6) is -2.85. The fraction of sp³-hybridized carbons (Fsp3) is 0.0476. The molecule has 0 bridgehead atoms. The molecule has 0 aliphatic carbocycles. The Kier molecular flexibility index (Phi) is 14.5. The predicted octanol–water partition coefficient (Wildman–Crippen LogP) is -5.54. The van der Waals surface area contributed by atoms with E-state index in [2.05, 4.69) is 25.5 Å². The number of benzene rings is 3. The van der Waals surface area contributed by atoms with Crippen molar-refractivity contribution < 1.29 is 141 Å². The first-order valence-electron chi connectivity index (χ1n) is 10.7. The molecule has 0 saturated heterocycles.